The minimum absolute atomic E-state index is 0.135. The van der Waals surface area contributed by atoms with E-state index in [9.17, 15) is 0 Å². The zero-order valence-corrected chi connectivity index (χ0v) is 11.1. The van der Waals surface area contributed by atoms with Crippen molar-refractivity contribution >= 4 is 0 Å². The fraction of sp³-hybridized carbons (Fsp3) is 0.533. The van der Waals surface area contributed by atoms with E-state index in [-0.39, 0.29) is 5.92 Å². The van der Waals surface area contributed by atoms with Crippen molar-refractivity contribution in [2.75, 3.05) is 20.1 Å². The van der Waals surface area contributed by atoms with Gasteiger partial charge in [-0.25, -0.2) is 0 Å². The number of benzene rings is 1. The zero-order valence-electron chi connectivity index (χ0n) is 11.1. The normalized spacial score (nSPS) is 12.7. The standard InChI is InChI=1S/C15H22N2/c1-13(2)15(11-16)12-17(3)10-9-14-7-5-4-6-8-14/h4-8,13,15H,9-10,12H2,1-3H3. The van der Waals surface area contributed by atoms with Gasteiger partial charge in [0, 0.05) is 13.1 Å². The van der Waals surface area contributed by atoms with E-state index in [1.807, 2.05) is 6.07 Å². The molecule has 2 heteroatoms. The molecule has 1 aromatic carbocycles. The van der Waals surface area contributed by atoms with Crippen LogP contribution >= 0.6 is 0 Å². The monoisotopic (exact) mass is 230 g/mol. The summed E-state index contributed by atoms with van der Waals surface area (Å²) in [6.07, 6.45) is 1.05. The lowest BCUT2D eigenvalue weighted by atomic mass is 9.97. The second-order valence-corrected chi connectivity index (χ2v) is 4.98. The van der Waals surface area contributed by atoms with Crippen molar-refractivity contribution < 1.29 is 0 Å². The van der Waals surface area contributed by atoms with Crippen LogP contribution in [-0.4, -0.2) is 25.0 Å². The van der Waals surface area contributed by atoms with Gasteiger partial charge in [0.25, 0.3) is 0 Å². The highest BCUT2D eigenvalue weighted by atomic mass is 15.1. The average Bonchev–Trinajstić information content (AvgIpc) is 2.34. The topological polar surface area (TPSA) is 27.0 Å². The number of hydrogen-bond acceptors (Lipinski definition) is 2. The first-order valence-corrected chi connectivity index (χ1v) is 6.25. The van der Waals surface area contributed by atoms with Crippen LogP contribution in [0.4, 0.5) is 0 Å². The summed E-state index contributed by atoms with van der Waals surface area (Å²) in [6, 6.07) is 12.9. The fourth-order valence-corrected chi connectivity index (χ4v) is 1.79. The Hall–Kier alpha value is -1.33. The molecule has 1 atom stereocenters. The molecule has 1 aromatic rings. The predicted octanol–water partition coefficient (Wildman–Crippen LogP) is 2.96. The molecular formula is C15H22N2. The van der Waals surface area contributed by atoms with Gasteiger partial charge in [-0.1, -0.05) is 44.2 Å². The van der Waals surface area contributed by atoms with Crippen LogP contribution in [0.25, 0.3) is 0 Å². The van der Waals surface area contributed by atoms with E-state index in [0.29, 0.717) is 5.92 Å². The van der Waals surface area contributed by atoms with E-state index >= 15 is 0 Å². The molecule has 2 nitrogen and oxygen atoms in total. The molecule has 0 spiro atoms. The molecule has 0 saturated carbocycles. The number of hydrogen-bond donors (Lipinski definition) is 0. The summed E-state index contributed by atoms with van der Waals surface area (Å²) in [7, 11) is 2.09. The van der Waals surface area contributed by atoms with Crippen molar-refractivity contribution in [3.63, 3.8) is 0 Å². The van der Waals surface area contributed by atoms with Gasteiger partial charge in [0.2, 0.25) is 0 Å². The summed E-state index contributed by atoms with van der Waals surface area (Å²) in [5, 5.41) is 9.05. The van der Waals surface area contributed by atoms with E-state index in [2.05, 4.69) is 56.1 Å². The molecular weight excluding hydrogens is 208 g/mol. The summed E-state index contributed by atoms with van der Waals surface area (Å²) >= 11 is 0. The van der Waals surface area contributed by atoms with Crippen LogP contribution in [0.1, 0.15) is 19.4 Å². The number of rotatable bonds is 6. The molecule has 0 fully saturated rings. The number of nitriles is 1. The number of likely N-dealkylation sites (N-methyl/N-ethyl adjacent to an activating group) is 1. The van der Waals surface area contributed by atoms with Crippen molar-refractivity contribution in [1.29, 1.82) is 5.26 Å². The molecule has 0 N–H and O–H groups in total. The summed E-state index contributed by atoms with van der Waals surface area (Å²) < 4.78 is 0. The van der Waals surface area contributed by atoms with Gasteiger partial charge in [-0.3, -0.25) is 0 Å². The van der Waals surface area contributed by atoms with Gasteiger partial charge >= 0.3 is 0 Å². The Morgan fingerprint density at radius 3 is 2.41 bits per heavy atom. The third-order valence-electron chi connectivity index (χ3n) is 3.10. The van der Waals surface area contributed by atoms with Crippen LogP contribution < -0.4 is 0 Å². The van der Waals surface area contributed by atoms with Crippen LogP contribution in [-0.2, 0) is 6.42 Å². The van der Waals surface area contributed by atoms with Crippen molar-refractivity contribution in [2.24, 2.45) is 11.8 Å². The SMILES string of the molecule is CC(C)C(C#N)CN(C)CCc1ccccc1. The Balaban J connectivity index is 2.35. The smallest absolute Gasteiger partial charge is 0.0671 e. The molecule has 92 valence electrons. The highest BCUT2D eigenvalue weighted by Crippen LogP contribution is 2.11. The minimum atomic E-state index is 0.135. The Kier molecular flexibility index (Phi) is 5.72. The van der Waals surface area contributed by atoms with Crippen molar-refractivity contribution in [3.05, 3.63) is 35.9 Å². The molecule has 0 aliphatic rings. The van der Waals surface area contributed by atoms with Crippen LogP contribution in [0.2, 0.25) is 0 Å². The van der Waals surface area contributed by atoms with Crippen LogP contribution in [0, 0.1) is 23.2 Å². The van der Waals surface area contributed by atoms with Gasteiger partial charge in [0.05, 0.1) is 12.0 Å². The van der Waals surface area contributed by atoms with E-state index in [1.165, 1.54) is 5.56 Å². The molecule has 0 amide bonds. The van der Waals surface area contributed by atoms with Gasteiger partial charge in [0.15, 0.2) is 0 Å². The Labute approximate surface area is 105 Å². The zero-order chi connectivity index (χ0) is 12.7. The highest BCUT2D eigenvalue weighted by Gasteiger charge is 2.14. The maximum atomic E-state index is 9.05. The lowest BCUT2D eigenvalue weighted by Gasteiger charge is -2.21. The molecule has 0 aromatic heterocycles. The summed E-state index contributed by atoms with van der Waals surface area (Å²) in [5.74, 6) is 0.565. The van der Waals surface area contributed by atoms with Crippen LogP contribution in [0.15, 0.2) is 30.3 Å². The second-order valence-electron chi connectivity index (χ2n) is 4.98. The molecule has 0 radical (unpaired) electrons. The summed E-state index contributed by atoms with van der Waals surface area (Å²) in [6.45, 7) is 6.09. The lowest BCUT2D eigenvalue weighted by Crippen LogP contribution is -2.29. The first kappa shape index (κ1) is 13.7. The van der Waals surface area contributed by atoms with Crippen LogP contribution in [0.3, 0.4) is 0 Å². The third kappa shape index (κ3) is 5.01. The van der Waals surface area contributed by atoms with E-state index in [4.69, 9.17) is 5.26 Å². The highest BCUT2D eigenvalue weighted by molar-refractivity contribution is 5.14. The Morgan fingerprint density at radius 2 is 1.88 bits per heavy atom. The van der Waals surface area contributed by atoms with E-state index < -0.39 is 0 Å². The van der Waals surface area contributed by atoms with E-state index in [0.717, 1.165) is 19.5 Å². The van der Waals surface area contributed by atoms with Gasteiger partial charge in [-0.2, -0.15) is 5.26 Å². The Bertz CT molecular complexity index is 351. The van der Waals surface area contributed by atoms with Gasteiger partial charge in [-0.05, 0) is 24.9 Å². The van der Waals surface area contributed by atoms with Crippen LogP contribution in [0.5, 0.6) is 0 Å². The molecule has 0 aliphatic heterocycles. The van der Waals surface area contributed by atoms with E-state index in [1.54, 1.807) is 0 Å². The fourth-order valence-electron chi connectivity index (χ4n) is 1.79. The number of nitrogens with zero attached hydrogens (tertiary/aromatic N) is 2. The largest absolute Gasteiger partial charge is 0.305 e. The molecule has 0 bridgehead atoms. The quantitative estimate of drug-likeness (QED) is 0.751. The molecule has 1 unspecified atom stereocenters. The molecule has 0 aliphatic carbocycles. The van der Waals surface area contributed by atoms with Gasteiger partial charge < -0.3 is 4.90 Å². The molecule has 0 saturated heterocycles. The van der Waals surface area contributed by atoms with Crippen molar-refractivity contribution in [1.82, 2.24) is 4.90 Å². The molecule has 1 rings (SSSR count). The lowest BCUT2D eigenvalue weighted by molar-refractivity contribution is 0.275. The first-order valence-electron chi connectivity index (χ1n) is 6.25. The second kappa shape index (κ2) is 7.09. The summed E-state index contributed by atoms with van der Waals surface area (Å²) in [5.41, 5.74) is 1.36. The van der Waals surface area contributed by atoms with Gasteiger partial charge in [-0.15, -0.1) is 0 Å². The molecule has 17 heavy (non-hydrogen) atoms. The summed E-state index contributed by atoms with van der Waals surface area (Å²) in [4.78, 5) is 2.25. The maximum absolute atomic E-state index is 9.05. The third-order valence-corrected chi connectivity index (χ3v) is 3.10. The van der Waals surface area contributed by atoms with Gasteiger partial charge in [0.1, 0.15) is 0 Å². The predicted molar refractivity (Wildman–Crippen MR) is 71.6 cm³/mol. The Morgan fingerprint density at radius 1 is 1.24 bits per heavy atom. The van der Waals surface area contributed by atoms with Crippen molar-refractivity contribution in [2.45, 2.75) is 20.3 Å². The first-order chi connectivity index (χ1) is 8.13. The minimum Gasteiger partial charge on any atom is -0.305 e. The van der Waals surface area contributed by atoms with Crippen molar-refractivity contribution in [3.8, 4) is 6.07 Å². The maximum Gasteiger partial charge on any atom is 0.0671 e. The average molecular weight is 230 g/mol. The molecule has 0 heterocycles.